The molecule has 1 aliphatic rings. The van der Waals surface area contributed by atoms with Crippen LogP contribution in [0, 0.1) is 0 Å². The molecule has 5 nitrogen and oxygen atoms in total. The van der Waals surface area contributed by atoms with Crippen molar-refractivity contribution in [3.05, 3.63) is 54.1 Å². The van der Waals surface area contributed by atoms with Gasteiger partial charge in [0.2, 0.25) is 0 Å². The summed E-state index contributed by atoms with van der Waals surface area (Å²) >= 11 is 0. The first kappa shape index (κ1) is 19.1. The highest BCUT2D eigenvalue weighted by Gasteiger charge is 2.10. The van der Waals surface area contributed by atoms with E-state index in [9.17, 15) is 4.79 Å². The van der Waals surface area contributed by atoms with Crippen LogP contribution >= 0.6 is 0 Å². The Morgan fingerprint density at radius 1 is 1.00 bits per heavy atom. The number of anilines is 2. The summed E-state index contributed by atoms with van der Waals surface area (Å²) in [5.41, 5.74) is 3.30. The van der Waals surface area contributed by atoms with Gasteiger partial charge in [0, 0.05) is 24.5 Å². The second kappa shape index (κ2) is 9.86. The third kappa shape index (κ3) is 5.91. The van der Waals surface area contributed by atoms with Gasteiger partial charge >= 0.3 is 6.03 Å². The highest BCUT2D eigenvalue weighted by molar-refractivity contribution is 5.89. The second-order valence-corrected chi connectivity index (χ2v) is 6.82. The lowest BCUT2D eigenvalue weighted by molar-refractivity contribution is 0.247. The van der Waals surface area contributed by atoms with E-state index in [2.05, 4.69) is 46.7 Å². The van der Waals surface area contributed by atoms with Crippen LogP contribution in [0.25, 0.3) is 0 Å². The van der Waals surface area contributed by atoms with Gasteiger partial charge in [0.15, 0.2) is 0 Å². The van der Waals surface area contributed by atoms with Crippen molar-refractivity contribution in [3.8, 4) is 5.75 Å². The SMILES string of the molecule is CCc1ccc(OCCNC(=O)Nc2ccc(N3CCCCC3)cc2)cc1. The number of ether oxygens (including phenoxy) is 1. The summed E-state index contributed by atoms with van der Waals surface area (Å²) in [6.07, 6.45) is 4.85. The molecular formula is C22H29N3O2. The quantitative estimate of drug-likeness (QED) is 0.712. The van der Waals surface area contributed by atoms with E-state index >= 15 is 0 Å². The molecule has 0 aliphatic carbocycles. The van der Waals surface area contributed by atoms with Crippen LogP contribution in [-0.2, 0) is 6.42 Å². The van der Waals surface area contributed by atoms with Crippen molar-refractivity contribution in [1.29, 1.82) is 0 Å². The first-order valence-corrected chi connectivity index (χ1v) is 9.86. The first-order chi connectivity index (χ1) is 13.2. The van der Waals surface area contributed by atoms with Crippen LogP contribution in [0.5, 0.6) is 5.75 Å². The van der Waals surface area contributed by atoms with Crippen LogP contribution in [0.15, 0.2) is 48.5 Å². The van der Waals surface area contributed by atoms with Gasteiger partial charge in [-0.25, -0.2) is 4.79 Å². The van der Waals surface area contributed by atoms with Crippen molar-refractivity contribution >= 4 is 17.4 Å². The lowest BCUT2D eigenvalue weighted by Crippen LogP contribution is -2.32. The van der Waals surface area contributed by atoms with Crippen molar-refractivity contribution in [1.82, 2.24) is 5.32 Å². The number of benzene rings is 2. The number of hydrogen-bond acceptors (Lipinski definition) is 3. The number of nitrogens with zero attached hydrogens (tertiary/aromatic N) is 1. The van der Waals surface area contributed by atoms with Crippen LogP contribution in [-0.4, -0.2) is 32.3 Å². The largest absolute Gasteiger partial charge is 0.492 e. The monoisotopic (exact) mass is 367 g/mol. The van der Waals surface area contributed by atoms with E-state index in [-0.39, 0.29) is 6.03 Å². The molecule has 2 aromatic rings. The summed E-state index contributed by atoms with van der Waals surface area (Å²) in [5, 5.41) is 5.68. The summed E-state index contributed by atoms with van der Waals surface area (Å²) in [6, 6.07) is 15.9. The van der Waals surface area contributed by atoms with Crippen molar-refractivity contribution < 1.29 is 9.53 Å². The first-order valence-electron chi connectivity index (χ1n) is 9.86. The molecule has 0 spiro atoms. The Labute approximate surface area is 161 Å². The van der Waals surface area contributed by atoms with Gasteiger partial charge in [0.05, 0.1) is 6.54 Å². The molecule has 2 N–H and O–H groups in total. The zero-order chi connectivity index (χ0) is 18.9. The van der Waals surface area contributed by atoms with Crippen molar-refractivity contribution in [2.24, 2.45) is 0 Å². The fourth-order valence-corrected chi connectivity index (χ4v) is 3.24. The van der Waals surface area contributed by atoms with Crippen LogP contribution in [0.3, 0.4) is 0 Å². The minimum atomic E-state index is -0.217. The number of amides is 2. The standard InChI is InChI=1S/C22H29N3O2/c1-2-18-6-12-21(13-7-18)27-17-14-23-22(26)24-19-8-10-20(11-9-19)25-15-4-3-5-16-25/h6-13H,2-5,14-17H2,1H3,(H2,23,24,26). The van der Waals surface area contributed by atoms with E-state index in [0.29, 0.717) is 13.2 Å². The predicted octanol–water partition coefficient (Wildman–Crippen LogP) is 4.44. The fourth-order valence-electron chi connectivity index (χ4n) is 3.24. The van der Waals surface area contributed by atoms with E-state index in [0.717, 1.165) is 30.9 Å². The second-order valence-electron chi connectivity index (χ2n) is 6.82. The van der Waals surface area contributed by atoms with E-state index < -0.39 is 0 Å². The average molecular weight is 367 g/mol. The predicted molar refractivity (Wildman–Crippen MR) is 111 cm³/mol. The molecule has 1 aliphatic heterocycles. The molecule has 1 saturated heterocycles. The van der Waals surface area contributed by atoms with Crippen molar-refractivity contribution in [2.75, 3.05) is 36.5 Å². The molecule has 144 valence electrons. The number of carbonyl (C=O) groups excluding carboxylic acids is 1. The Balaban J connectivity index is 1.37. The Kier molecular flexibility index (Phi) is 6.97. The van der Waals surface area contributed by atoms with Gasteiger partial charge in [-0.2, -0.15) is 0 Å². The number of carbonyl (C=O) groups is 1. The third-order valence-electron chi connectivity index (χ3n) is 4.83. The van der Waals surface area contributed by atoms with E-state index in [4.69, 9.17) is 4.74 Å². The Bertz CT molecular complexity index is 707. The molecule has 0 aromatic heterocycles. The molecule has 0 bridgehead atoms. The maximum Gasteiger partial charge on any atom is 0.319 e. The number of urea groups is 1. The van der Waals surface area contributed by atoms with Crippen LogP contribution in [0.2, 0.25) is 0 Å². The minimum absolute atomic E-state index is 0.217. The molecule has 0 atom stereocenters. The molecule has 0 saturated carbocycles. The Morgan fingerprint density at radius 2 is 1.70 bits per heavy atom. The molecule has 2 amide bonds. The van der Waals surface area contributed by atoms with Crippen LogP contribution in [0.4, 0.5) is 16.2 Å². The van der Waals surface area contributed by atoms with E-state index in [1.165, 1.54) is 30.5 Å². The van der Waals surface area contributed by atoms with Gasteiger partial charge in [-0.15, -0.1) is 0 Å². The maximum absolute atomic E-state index is 12.0. The van der Waals surface area contributed by atoms with Gasteiger partial charge < -0.3 is 20.3 Å². The topological polar surface area (TPSA) is 53.6 Å². The fraction of sp³-hybridized carbons (Fsp3) is 0.409. The zero-order valence-corrected chi connectivity index (χ0v) is 16.0. The molecule has 2 aromatic carbocycles. The lowest BCUT2D eigenvalue weighted by Gasteiger charge is -2.28. The van der Waals surface area contributed by atoms with Gasteiger partial charge in [0.1, 0.15) is 12.4 Å². The van der Waals surface area contributed by atoms with E-state index in [1.54, 1.807) is 0 Å². The molecule has 27 heavy (non-hydrogen) atoms. The number of piperidine rings is 1. The summed E-state index contributed by atoms with van der Waals surface area (Å²) in [4.78, 5) is 14.4. The Morgan fingerprint density at radius 3 is 2.37 bits per heavy atom. The highest BCUT2D eigenvalue weighted by Crippen LogP contribution is 2.21. The maximum atomic E-state index is 12.0. The molecule has 0 unspecified atom stereocenters. The van der Waals surface area contributed by atoms with Crippen molar-refractivity contribution in [3.63, 3.8) is 0 Å². The lowest BCUT2D eigenvalue weighted by atomic mass is 10.1. The molecule has 1 fully saturated rings. The number of rotatable bonds is 7. The smallest absolute Gasteiger partial charge is 0.319 e. The third-order valence-corrected chi connectivity index (χ3v) is 4.83. The minimum Gasteiger partial charge on any atom is -0.492 e. The number of aryl methyl sites for hydroxylation is 1. The highest BCUT2D eigenvalue weighted by atomic mass is 16.5. The van der Waals surface area contributed by atoms with Gasteiger partial charge in [-0.05, 0) is 67.6 Å². The Hall–Kier alpha value is -2.69. The average Bonchev–Trinajstić information content (AvgIpc) is 2.73. The number of hydrogen-bond donors (Lipinski definition) is 2. The van der Waals surface area contributed by atoms with Gasteiger partial charge in [0.25, 0.3) is 0 Å². The normalized spacial score (nSPS) is 13.9. The molecule has 5 heteroatoms. The molecule has 0 radical (unpaired) electrons. The summed E-state index contributed by atoms with van der Waals surface area (Å²) in [6.45, 7) is 5.25. The van der Waals surface area contributed by atoms with Crippen LogP contribution < -0.4 is 20.3 Å². The summed E-state index contributed by atoms with van der Waals surface area (Å²) in [7, 11) is 0. The van der Waals surface area contributed by atoms with E-state index in [1.807, 2.05) is 24.3 Å². The summed E-state index contributed by atoms with van der Waals surface area (Å²) < 4.78 is 5.64. The molecule has 1 heterocycles. The zero-order valence-electron chi connectivity index (χ0n) is 16.0. The molecular weight excluding hydrogens is 338 g/mol. The summed E-state index contributed by atoms with van der Waals surface area (Å²) in [5.74, 6) is 0.822. The van der Waals surface area contributed by atoms with Gasteiger partial charge in [-0.1, -0.05) is 19.1 Å². The van der Waals surface area contributed by atoms with Crippen LogP contribution in [0.1, 0.15) is 31.7 Å². The number of nitrogens with one attached hydrogen (secondary N) is 2. The molecule has 3 rings (SSSR count). The van der Waals surface area contributed by atoms with Crippen molar-refractivity contribution in [2.45, 2.75) is 32.6 Å². The van der Waals surface area contributed by atoms with Gasteiger partial charge in [-0.3, -0.25) is 0 Å².